The van der Waals surface area contributed by atoms with Crippen LogP contribution in [-0.4, -0.2) is 26.2 Å². The van der Waals surface area contributed by atoms with Gasteiger partial charge in [-0.25, -0.2) is 0 Å². The van der Waals surface area contributed by atoms with Crippen LogP contribution in [-0.2, 0) is 0 Å². The van der Waals surface area contributed by atoms with E-state index in [2.05, 4.69) is 17.6 Å². The van der Waals surface area contributed by atoms with Crippen molar-refractivity contribution in [3.05, 3.63) is 0 Å². The molecule has 0 saturated heterocycles. The molecule has 0 amide bonds. The van der Waals surface area contributed by atoms with Crippen LogP contribution in [0.5, 0.6) is 0 Å². The Morgan fingerprint density at radius 3 is 2.12 bits per heavy atom. The molecular formula is C15H32N2. The fourth-order valence-electron chi connectivity index (χ4n) is 2.72. The van der Waals surface area contributed by atoms with Crippen LogP contribution in [0.1, 0.15) is 64.7 Å². The molecule has 0 radical (unpaired) electrons. The fourth-order valence-corrected chi connectivity index (χ4v) is 2.72. The summed E-state index contributed by atoms with van der Waals surface area (Å²) in [5, 5.41) is 7.03. The second-order valence-corrected chi connectivity index (χ2v) is 5.50. The summed E-state index contributed by atoms with van der Waals surface area (Å²) >= 11 is 0. The van der Waals surface area contributed by atoms with E-state index in [0.717, 1.165) is 5.92 Å². The molecular weight excluding hydrogens is 208 g/mol. The van der Waals surface area contributed by atoms with E-state index < -0.39 is 0 Å². The van der Waals surface area contributed by atoms with Gasteiger partial charge in [0.05, 0.1) is 0 Å². The molecule has 2 N–H and O–H groups in total. The van der Waals surface area contributed by atoms with Crippen molar-refractivity contribution in [3.63, 3.8) is 0 Å². The summed E-state index contributed by atoms with van der Waals surface area (Å²) in [6.07, 6.45) is 12.8. The number of nitrogens with one attached hydrogen (secondary N) is 2. The second kappa shape index (κ2) is 11.0. The van der Waals surface area contributed by atoms with Gasteiger partial charge in [-0.05, 0) is 51.4 Å². The number of hydrogen-bond donors (Lipinski definition) is 2. The molecule has 1 aliphatic carbocycles. The van der Waals surface area contributed by atoms with Crippen molar-refractivity contribution in [1.82, 2.24) is 10.6 Å². The number of hydrogen-bond acceptors (Lipinski definition) is 2. The maximum Gasteiger partial charge on any atom is -0.00368 e. The summed E-state index contributed by atoms with van der Waals surface area (Å²) in [5.74, 6) is 1.02. The summed E-state index contributed by atoms with van der Waals surface area (Å²) in [5.41, 5.74) is 0. The largest absolute Gasteiger partial charge is 0.317 e. The highest BCUT2D eigenvalue weighted by Gasteiger charge is 2.11. The summed E-state index contributed by atoms with van der Waals surface area (Å²) < 4.78 is 0. The maximum absolute atomic E-state index is 3.59. The monoisotopic (exact) mass is 240 g/mol. The average Bonchev–Trinajstić information content (AvgIpc) is 2.61. The van der Waals surface area contributed by atoms with E-state index in [1.54, 1.807) is 0 Å². The molecule has 1 saturated carbocycles. The first kappa shape index (κ1) is 15.0. The highest BCUT2D eigenvalue weighted by atomic mass is 14.9. The third kappa shape index (κ3) is 8.62. The Labute approximate surface area is 108 Å². The highest BCUT2D eigenvalue weighted by Crippen LogP contribution is 2.24. The minimum absolute atomic E-state index is 1.02. The normalized spacial score (nSPS) is 18.2. The Morgan fingerprint density at radius 2 is 1.47 bits per heavy atom. The van der Waals surface area contributed by atoms with Crippen molar-refractivity contribution >= 4 is 0 Å². The maximum atomic E-state index is 3.59. The SMILES string of the molecule is CCCNCCCNCCC1CCCCCC1. The van der Waals surface area contributed by atoms with Crippen LogP contribution in [0.3, 0.4) is 0 Å². The molecule has 0 spiro atoms. The van der Waals surface area contributed by atoms with Crippen LogP contribution in [0.15, 0.2) is 0 Å². The Balaban J connectivity index is 1.82. The molecule has 17 heavy (non-hydrogen) atoms. The first-order valence-corrected chi connectivity index (χ1v) is 7.85. The van der Waals surface area contributed by atoms with Crippen molar-refractivity contribution in [1.29, 1.82) is 0 Å². The summed E-state index contributed by atoms with van der Waals surface area (Å²) in [6, 6.07) is 0. The van der Waals surface area contributed by atoms with E-state index in [-0.39, 0.29) is 0 Å². The second-order valence-electron chi connectivity index (χ2n) is 5.50. The lowest BCUT2D eigenvalue weighted by Crippen LogP contribution is -2.24. The lowest BCUT2D eigenvalue weighted by molar-refractivity contribution is 0.413. The van der Waals surface area contributed by atoms with E-state index >= 15 is 0 Å². The van der Waals surface area contributed by atoms with Gasteiger partial charge in [0.1, 0.15) is 0 Å². The van der Waals surface area contributed by atoms with Crippen molar-refractivity contribution in [2.45, 2.75) is 64.7 Å². The molecule has 1 fully saturated rings. The highest BCUT2D eigenvalue weighted by molar-refractivity contribution is 4.65. The van der Waals surface area contributed by atoms with Crippen LogP contribution in [0, 0.1) is 5.92 Å². The first-order valence-electron chi connectivity index (χ1n) is 7.85. The van der Waals surface area contributed by atoms with E-state index in [1.165, 1.54) is 84.0 Å². The quantitative estimate of drug-likeness (QED) is 0.477. The zero-order valence-corrected chi connectivity index (χ0v) is 11.8. The van der Waals surface area contributed by atoms with Gasteiger partial charge in [0.25, 0.3) is 0 Å². The van der Waals surface area contributed by atoms with E-state index in [4.69, 9.17) is 0 Å². The van der Waals surface area contributed by atoms with Crippen molar-refractivity contribution in [2.75, 3.05) is 26.2 Å². The molecule has 1 rings (SSSR count). The molecule has 2 nitrogen and oxygen atoms in total. The van der Waals surface area contributed by atoms with Crippen LogP contribution < -0.4 is 10.6 Å². The van der Waals surface area contributed by atoms with Crippen molar-refractivity contribution in [3.8, 4) is 0 Å². The van der Waals surface area contributed by atoms with Gasteiger partial charge in [-0.3, -0.25) is 0 Å². The molecule has 0 aliphatic heterocycles. The lowest BCUT2D eigenvalue weighted by Gasteiger charge is -2.14. The number of rotatable bonds is 9. The topological polar surface area (TPSA) is 24.1 Å². The van der Waals surface area contributed by atoms with Gasteiger partial charge in [0, 0.05) is 0 Å². The molecule has 0 atom stereocenters. The van der Waals surface area contributed by atoms with Gasteiger partial charge in [0.15, 0.2) is 0 Å². The molecule has 2 heteroatoms. The molecule has 1 aliphatic rings. The summed E-state index contributed by atoms with van der Waals surface area (Å²) in [6.45, 7) is 6.98. The predicted octanol–water partition coefficient (Wildman–Crippen LogP) is 3.33. The Morgan fingerprint density at radius 1 is 0.824 bits per heavy atom. The smallest absolute Gasteiger partial charge is 0.00368 e. The van der Waals surface area contributed by atoms with Crippen molar-refractivity contribution in [2.24, 2.45) is 5.92 Å². The molecule has 0 aromatic rings. The van der Waals surface area contributed by atoms with Gasteiger partial charge in [0.2, 0.25) is 0 Å². The standard InChI is InChI=1S/C15H32N2/c1-2-11-16-12-7-13-17-14-10-15-8-5-3-4-6-9-15/h15-17H,2-14H2,1H3. The van der Waals surface area contributed by atoms with Gasteiger partial charge in [-0.2, -0.15) is 0 Å². The fraction of sp³-hybridized carbons (Fsp3) is 1.00. The lowest BCUT2D eigenvalue weighted by atomic mass is 9.97. The minimum Gasteiger partial charge on any atom is -0.317 e. The zero-order chi connectivity index (χ0) is 12.2. The Bertz CT molecular complexity index is 151. The van der Waals surface area contributed by atoms with Crippen LogP contribution >= 0.6 is 0 Å². The van der Waals surface area contributed by atoms with E-state index in [1.807, 2.05) is 0 Å². The summed E-state index contributed by atoms with van der Waals surface area (Å²) in [7, 11) is 0. The molecule has 102 valence electrons. The Kier molecular flexibility index (Phi) is 9.72. The van der Waals surface area contributed by atoms with Gasteiger partial charge in [-0.15, -0.1) is 0 Å². The molecule has 0 aromatic carbocycles. The third-order valence-corrected chi connectivity index (χ3v) is 3.84. The average molecular weight is 240 g/mol. The van der Waals surface area contributed by atoms with Gasteiger partial charge >= 0.3 is 0 Å². The van der Waals surface area contributed by atoms with E-state index in [9.17, 15) is 0 Å². The molecule has 0 aromatic heterocycles. The van der Waals surface area contributed by atoms with Crippen LogP contribution in [0.25, 0.3) is 0 Å². The van der Waals surface area contributed by atoms with Gasteiger partial charge < -0.3 is 10.6 Å². The first-order chi connectivity index (χ1) is 8.43. The Hall–Kier alpha value is -0.0800. The van der Waals surface area contributed by atoms with Crippen LogP contribution in [0.2, 0.25) is 0 Å². The minimum atomic E-state index is 1.02. The van der Waals surface area contributed by atoms with Crippen LogP contribution in [0.4, 0.5) is 0 Å². The third-order valence-electron chi connectivity index (χ3n) is 3.84. The molecule has 0 bridgehead atoms. The molecule has 0 unspecified atom stereocenters. The zero-order valence-electron chi connectivity index (χ0n) is 11.8. The van der Waals surface area contributed by atoms with Gasteiger partial charge in [-0.1, -0.05) is 45.4 Å². The van der Waals surface area contributed by atoms with Crippen molar-refractivity contribution < 1.29 is 0 Å². The summed E-state index contributed by atoms with van der Waals surface area (Å²) in [4.78, 5) is 0. The molecule has 0 heterocycles. The van der Waals surface area contributed by atoms with E-state index in [0.29, 0.717) is 0 Å². The predicted molar refractivity (Wildman–Crippen MR) is 76.5 cm³/mol.